The SMILES string of the molecule is CCn1c(NNC(=O)Cc2ccc(C)cc2)nc2ccccc2c1=O. The number of nitrogens with zero attached hydrogens (tertiary/aromatic N) is 2. The summed E-state index contributed by atoms with van der Waals surface area (Å²) in [6.45, 7) is 4.31. The lowest BCUT2D eigenvalue weighted by atomic mass is 10.1. The number of aryl methyl sites for hydroxylation is 1. The Morgan fingerprint density at radius 3 is 2.56 bits per heavy atom. The molecule has 2 aromatic carbocycles. The maximum Gasteiger partial charge on any atom is 0.262 e. The van der Waals surface area contributed by atoms with E-state index in [0.717, 1.165) is 11.1 Å². The number of hydrazine groups is 1. The largest absolute Gasteiger partial charge is 0.277 e. The third-order valence-corrected chi connectivity index (χ3v) is 3.98. The molecule has 1 aromatic heterocycles. The molecule has 3 aromatic rings. The van der Waals surface area contributed by atoms with E-state index < -0.39 is 0 Å². The van der Waals surface area contributed by atoms with Crippen molar-refractivity contribution in [2.75, 3.05) is 5.43 Å². The van der Waals surface area contributed by atoms with Crippen molar-refractivity contribution >= 4 is 22.8 Å². The first-order valence-corrected chi connectivity index (χ1v) is 8.18. The Morgan fingerprint density at radius 2 is 1.84 bits per heavy atom. The first-order valence-electron chi connectivity index (χ1n) is 8.18. The van der Waals surface area contributed by atoms with Crippen molar-refractivity contribution in [2.45, 2.75) is 26.8 Å². The van der Waals surface area contributed by atoms with Gasteiger partial charge in [-0.15, -0.1) is 0 Å². The molecule has 1 heterocycles. The topological polar surface area (TPSA) is 76.0 Å². The second-order valence-corrected chi connectivity index (χ2v) is 5.84. The van der Waals surface area contributed by atoms with Crippen molar-refractivity contribution in [3.05, 3.63) is 70.0 Å². The quantitative estimate of drug-likeness (QED) is 0.702. The molecule has 0 radical (unpaired) electrons. The number of carbonyl (C=O) groups is 1. The molecular weight excluding hydrogens is 316 g/mol. The Morgan fingerprint density at radius 1 is 1.12 bits per heavy atom. The third kappa shape index (κ3) is 3.68. The maximum atomic E-state index is 12.5. The summed E-state index contributed by atoms with van der Waals surface area (Å²) >= 11 is 0. The van der Waals surface area contributed by atoms with Crippen LogP contribution in [0.4, 0.5) is 5.95 Å². The highest BCUT2D eigenvalue weighted by molar-refractivity contribution is 5.81. The molecule has 0 fully saturated rings. The summed E-state index contributed by atoms with van der Waals surface area (Å²) in [5.41, 5.74) is 7.92. The van der Waals surface area contributed by atoms with Crippen LogP contribution in [0, 0.1) is 6.92 Å². The van der Waals surface area contributed by atoms with Crippen LogP contribution in [-0.2, 0) is 17.8 Å². The molecule has 0 saturated heterocycles. The molecule has 2 N–H and O–H groups in total. The lowest BCUT2D eigenvalue weighted by Crippen LogP contribution is -2.35. The first-order chi connectivity index (χ1) is 12.1. The van der Waals surface area contributed by atoms with Crippen LogP contribution < -0.4 is 16.4 Å². The second kappa shape index (κ2) is 7.17. The number of para-hydroxylation sites is 1. The lowest BCUT2D eigenvalue weighted by Gasteiger charge is -2.14. The molecule has 0 atom stereocenters. The molecule has 6 nitrogen and oxygen atoms in total. The number of nitrogens with one attached hydrogen (secondary N) is 2. The van der Waals surface area contributed by atoms with Crippen molar-refractivity contribution in [2.24, 2.45) is 0 Å². The number of hydrogen-bond donors (Lipinski definition) is 2. The van der Waals surface area contributed by atoms with E-state index in [1.165, 1.54) is 4.57 Å². The van der Waals surface area contributed by atoms with Gasteiger partial charge in [-0.25, -0.2) is 4.98 Å². The van der Waals surface area contributed by atoms with Crippen molar-refractivity contribution < 1.29 is 4.79 Å². The van der Waals surface area contributed by atoms with Crippen LogP contribution in [0.1, 0.15) is 18.1 Å². The van der Waals surface area contributed by atoms with Gasteiger partial charge < -0.3 is 0 Å². The van der Waals surface area contributed by atoms with Crippen LogP contribution in [0.25, 0.3) is 10.9 Å². The van der Waals surface area contributed by atoms with E-state index in [1.807, 2.05) is 50.2 Å². The molecule has 0 spiro atoms. The Hall–Kier alpha value is -3.15. The zero-order valence-corrected chi connectivity index (χ0v) is 14.2. The van der Waals surface area contributed by atoms with E-state index in [-0.39, 0.29) is 17.9 Å². The van der Waals surface area contributed by atoms with Gasteiger partial charge in [0.25, 0.3) is 5.56 Å². The van der Waals surface area contributed by atoms with Gasteiger partial charge in [0.15, 0.2) is 0 Å². The summed E-state index contributed by atoms with van der Waals surface area (Å²) in [6.07, 6.45) is 0.247. The number of benzene rings is 2. The molecule has 3 rings (SSSR count). The number of carbonyl (C=O) groups excluding carboxylic acids is 1. The molecule has 0 bridgehead atoms. The van der Waals surface area contributed by atoms with Gasteiger partial charge in [0.05, 0.1) is 17.3 Å². The van der Waals surface area contributed by atoms with Crippen LogP contribution in [0.15, 0.2) is 53.3 Å². The van der Waals surface area contributed by atoms with Gasteiger partial charge in [0, 0.05) is 6.54 Å². The number of anilines is 1. The minimum Gasteiger partial charge on any atom is -0.277 e. The van der Waals surface area contributed by atoms with Gasteiger partial charge in [0.2, 0.25) is 11.9 Å². The highest BCUT2D eigenvalue weighted by atomic mass is 16.2. The van der Waals surface area contributed by atoms with Gasteiger partial charge in [-0.2, -0.15) is 0 Å². The average Bonchev–Trinajstić information content (AvgIpc) is 2.62. The molecular formula is C19H20N4O2. The minimum absolute atomic E-state index is 0.136. The van der Waals surface area contributed by atoms with Gasteiger partial charge >= 0.3 is 0 Å². The Balaban J connectivity index is 1.77. The Bertz CT molecular complexity index is 961. The van der Waals surface area contributed by atoms with Gasteiger partial charge in [-0.1, -0.05) is 42.0 Å². The zero-order chi connectivity index (χ0) is 17.8. The average molecular weight is 336 g/mol. The number of rotatable bonds is 5. The fourth-order valence-corrected chi connectivity index (χ4v) is 2.62. The van der Waals surface area contributed by atoms with E-state index >= 15 is 0 Å². The van der Waals surface area contributed by atoms with E-state index in [1.54, 1.807) is 12.1 Å². The Kier molecular flexibility index (Phi) is 4.79. The zero-order valence-electron chi connectivity index (χ0n) is 14.2. The van der Waals surface area contributed by atoms with E-state index in [9.17, 15) is 9.59 Å². The molecule has 6 heteroatoms. The summed E-state index contributed by atoms with van der Waals surface area (Å²) in [5.74, 6) is 0.123. The molecule has 0 aliphatic heterocycles. The smallest absolute Gasteiger partial charge is 0.262 e. The van der Waals surface area contributed by atoms with E-state index in [2.05, 4.69) is 15.8 Å². The summed E-state index contributed by atoms with van der Waals surface area (Å²) in [4.78, 5) is 29.1. The minimum atomic E-state index is -0.200. The maximum absolute atomic E-state index is 12.5. The fourth-order valence-electron chi connectivity index (χ4n) is 2.62. The number of amides is 1. The monoisotopic (exact) mass is 336 g/mol. The van der Waals surface area contributed by atoms with Crippen molar-refractivity contribution in [1.82, 2.24) is 15.0 Å². The van der Waals surface area contributed by atoms with Crippen molar-refractivity contribution in [3.8, 4) is 0 Å². The highest BCUT2D eigenvalue weighted by Gasteiger charge is 2.10. The third-order valence-electron chi connectivity index (χ3n) is 3.98. The summed E-state index contributed by atoms with van der Waals surface area (Å²) in [5, 5.41) is 0.556. The lowest BCUT2D eigenvalue weighted by molar-refractivity contribution is -0.119. The van der Waals surface area contributed by atoms with Crippen molar-refractivity contribution in [1.29, 1.82) is 0 Å². The van der Waals surface area contributed by atoms with E-state index in [4.69, 9.17) is 0 Å². The van der Waals surface area contributed by atoms with Crippen molar-refractivity contribution in [3.63, 3.8) is 0 Å². The van der Waals surface area contributed by atoms with E-state index in [0.29, 0.717) is 23.4 Å². The van der Waals surface area contributed by atoms with Gasteiger partial charge in [0.1, 0.15) is 0 Å². The number of aromatic nitrogens is 2. The van der Waals surface area contributed by atoms with Crippen LogP contribution in [0.2, 0.25) is 0 Å². The molecule has 1 amide bonds. The fraction of sp³-hybridized carbons (Fsp3) is 0.211. The number of hydrogen-bond acceptors (Lipinski definition) is 4. The highest BCUT2D eigenvalue weighted by Crippen LogP contribution is 2.10. The Labute approximate surface area is 145 Å². The van der Waals surface area contributed by atoms with Crippen LogP contribution in [-0.4, -0.2) is 15.5 Å². The predicted octanol–water partition coefficient (Wildman–Crippen LogP) is 2.41. The summed E-state index contributed by atoms with van der Waals surface area (Å²) in [7, 11) is 0. The van der Waals surface area contributed by atoms with Crippen LogP contribution in [0.3, 0.4) is 0 Å². The first kappa shape index (κ1) is 16.7. The summed E-state index contributed by atoms with van der Waals surface area (Å²) in [6, 6.07) is 14.9. The second-order valence-electron chi connectivity index (χ2n) is 5.84. The van der Waals surface area contributed by atoms with Gasteiger partial charge in [-0.3, -0.25) is 25.0 Å². The standard InChI is InChI=1S/C19H20N4O2/c1-3-23-18(25)15-6-4-5-7-16(15)20-19(23)22-21-17(24)12-14-10-8-13(2)9-11-14/h4-11H,3,12H2,1-2H3,(H,20,22)(H,21,24). The van der Waals surface area contributed by atoms with Crippen LogP contribution in [0.5, 0.6) is 0 Å². The summed E-state index contributed by atoms with van der Waals surface area (Å²) < 4.78 is 1.49. The molecule has 25 heavy (non-hydrogen) atoms. The molecule has 128 valence electrons. The predicted molar refractivity (Wildman–Crippen MR) is 98.3 cm³/mol. The molecule has 0 aliphatic rings. The molecule has 0 aliphatic carbocycles. The molecule has 0 unspecified atom stereocenters. The number of fused-ring (bicyclic) bond motifs is 1. The normalized spacial score (nSPS) is 10.6. The molecule has 0 saturated carbocycles. The van der Waals surface area contributed by atoms with Gasteiger partial charge in [-0.05, 0) is 31.5 Å². The van der Waals surface area contributed by atoms with Crippen LogP contribution >= 0.6 is 0 Å².